The molecule has 4 heteroatoms. The molecule has 0 aliphatic carbocycles. The number of morpholine rings is 1. The standard InChI is InChI=1S/C14H16N2O2/c1-10-3-2-4-11-9-12(14(17)15-13(10)11)16-5-7-18-8-6-16/h2-4,9H,5-8H2,1H3,(H,15,17). The zero-order valence-corrected chi connectivity index (χ0v) is 10.4. The van der Waals surface area contributed by atoms with Gasteiger partial charge in [0.25, 0.3) is 5.56 Å². The lowest BCUT2D eigenvalue weighted by Gasteiger charge is -2.28. The van der Waals surface area contributed by atoms with E-state index in [0.29, 0.717) is 13.2 Å². The van der Waals surface area contributed by atoms with E-state index < -0.39 is 0 Å². The molecule has 1 fully saturated rings. The van der Waals surface area contributed by atoms with Crippen LogP contribution >= 0.6 is 0 Å². The van der Waals surface area contributed by atoms with Gasteiger partial charge in [-0.05, 0) is 18.6 Å². The van der Waals surface area contributed by atoms with E-state index >= 15 is 0 Å². The first-order chi connectivity index (χ1) is 8.75. The number of fused-ring (bicyclic) bond motifs is 1. The van der Waals surface area contributed by atoms with Crippen molar-refractivity contribution in [1.82, 2.24) is 4.98 Å². The Kier molecular flexibility index (Phi) is 2.80. The van der Waals surface area contributed by atoms with Gasteiger partial charge in [-0.2, -0.15) is 0 Å². The zero-order chi connectivity index (χ0) is 12.5. The molecule has 1 aliphatic rings. The maximum absolute atomic E-state index is 12.1. The van der Waals surface area contributed by atoms with Gasteiger partial charge < -0.3 is 14.6 Å². The van der Waals surface area contributed by atoms with Crippen molar-refractivity contribution in [2.24, 2.45) is 0 Å². The average molecular weight is 244 g/mol. The molecule has 0 amide bonds. The highest BCUT2D eigenvalue weighted by Crippen LogP contribution is 2.19. The summed E-state index contributed by atoms with van der Waals surface area (Å²) in [7, 11) is 0. The van der Waals surface area contributed by atoms with Gasteiger partial charge >= 0.3 is 0 Å². The Morgan fingerprint density at radius 1 is 1.28 bits per heavy atom. The van der Waals surface area contributed by atoms with Gasteiger partial charge in [-0.25, -0.2) is 0 Å². The lowest BCUT2D eigenvalue weighted by Crippen LogP contribution is -2.39. The van der Waals surface area contributed by atoms with Gasteiger partial charge in [-0.1, -0.05) is 18.2 Å². The first-order valence-corrected chi connectivity index (χ1v) is 6.21. The molecule has 0 bridgehead atoms. The predicted octanol–water partition coefficient (Wildman–Crippen LogP) is 1.67. The predicted molar refractivity (Wildman–Crippen MR) is 72.3 cm³/mol. The summed E-state index contributed by atoms with van der Waals surface area (Å²) in [5.41, 5.74) is 2.76. The molecule has 1 saturated heterocycles. The fraction of sp³-hybridized carbons (Fsp3) is 0.357. The lowest BCUT2D eigenvalue weighted by molar-refractivity contribution is 0.122. The van der Waals surface area contributed by atoms with Crippen molar-refractivity contribution < 1.29 is 4.74 Å². The Morgan fingerprint density at radius 3 is 2.83 bits per heavy atom. The van der Waals surface area contributed by atoms with Crippen molar-refractivity contribution >= 4 is 16.6 Å². The Hall–Kier alpha value is -1.81. The highest BCUT2D eigenvalue weighted by molar-refractivity contribution is 5.84. The summed E-state index contributed by atoms with van der Waals surface area (Å²) in [6.45, 7) is 4.93. The van der Waals surface area contributed by atoms with Crippen LogP contribution in [0.15, 0.2) is 29.1 Å². The number of ether oxygens (including phenoxy) is 1. The van der Waals surface area contributed by atoms with E-state index in [0.717, 1.165) is 35.2 Å². The van der Waals surface area contributed by atoms with Crippen molar-refractivity contribution in [1.29, 1.82) is 0 Å². The van der Waals surface area contributed by atoms with E-state index in [2.05, 4.69) is 9.88 Å². The lowest BCUT2D eigenvalue weighted by atomic mass is 10.1. The van der Waals surface area contributed by atoms with Crippen LogP contribution in [0.25, 0.3) is 10.9 Å². The number of aryl methyl sites for hydroxylation is 1. The van der Waals surface area contributed by atoms with Crippen LogP contribution in [-0.4, -0.2) is 31.3 Å². The van der Waals surface area contributed by atoms with E-state index in [-0.39, 0.29) is 5.56 Å². The highest BCUT2D eigenvalue weighted by Gasteiger charge is 2.15. The number of rotatable bonds is 1. The number of nitrogens with one attached hydrogen (secondary N) is 1. The van der Waals surface area contributed by atoms with Crippen molar-refractivity contribution in [2.75, 3.05) is 31.2 Å². The minimum atomic E-state index is -0.0151. The number of benzene rings is 1. The van der Waals surface area contributed by atoms with Crippen molar-refractivity contribution in [2.45, 2.75) is 6.92 Å². The fourth-order valence-corrected chi connectivity index (χ4v) is 2.41. The summed E-state index contributed by atoms with van der Waals surface area (Å²) >= 11 is 0. The summed E-state index contributed by atoms with van der Waals surface area (Å²) in [5.74, 6) is 0. The van der Waals surface area contributed by atoms with Gasteiger partial charge in [-0.15, -0.1) is 0 Å². The molecular formula is C14H16N2O2. The molecule has 1 aliphatic heterocycles. The summed E-state index contributed by atoms with van der Waals surface area (Å²) in [6, 6.07) is 8.03. The highest BCUT2D eigenvalue weighted by atomic mass is 16.5. The van der Waals surface area contributed by atoms with Gasteiger partial charge in [0, 0.05) is 18.5 Å². The molecule has 2 heterocycles. The van der Waals surface area contributed by atoms with Crippen LogP contribution in [0.4, 0.5) is 5.69 Å². The van der Waals surface area contributed by atoms with Crippen molar-refractivity contribution in [3.8, 4) is 0 Å². The van der Waals surface area contributed by atoms with Crippen LogP contribution in [0.5, 0.6) is 0 Å². The Morgan fingerprint density at radius 2 is 2.06 bits per heavy atom. The minimum Gasteiger partial charge on any atom is -0.378 e. The molecular weight excluding hydrogens is 228 g/mol. The number of aromatic amines is 1. The second kappa shape index (κ2) is 4.46. The summed E-state index contributed by atoms with van der Waals surface area (Å²) in [4.78, 5) is 17.2. The Bertz CT molecular complexity index is 627. The van der Waals surface area contributed by atoms with Gasteiger partial charge in [0.2, 0.25) is 0 Å². The fourth-order valence-electron chi connectivity index (χ4n) is 2.41. The number of pyridine rings is 1. The average Bonchev–Trinajstić information content (AvgIpc) is 2.40. The van der Waals surface area contributed by atoms with Crippen LogP contribution in [0.2, 0.25) is 0 Å². The van der Waals surface area contributed by atoms with E-state index in [1.165, 1.54) is 0 Å². The molecule has 0 unspecified atom stereocenters. The summed E-state index contributed by atoms with van der Waals surface area (Å²) < 4.78 is 5.31. The largest absolute Gasteiger partial charge is 0.378 e. The smallest absolute Gasteiger partial charge is 0.271 e. The molecule has 18 heavy (non-hydrogen) atoms. The maximum Gasteiger partial charge on any atom is 0.271 e. The number of aromatic nitrogens is 1. The van der Waals surface area contributed by atoms with E-state index in [9.17, 15) is 4.79 Å². The quantitative estimate of drug-likeness (QED) is 0.830. The van der Waals surface area contributed by atoms with Crippen LogP contribution in [0.1, 0.15) is 5.56 Å². The SMILES string of the molecule is Cc1cccc2cc(N3CCOCC3)c(=O)[nH]c12. The minimum absolute atomic E-state index is 0.0151. The van der Waals surface area contributed by atoms with Gasteiger partial charge in [0.15, 0.2) is 0 Å². The molecule has 0 radical (unpaired) electrons. The van der Waals surface area contributed by atoms with Gasteiger partial charge in [-0.3, -0.25) is 4.79 Å². The molecule has 0 saturated carbocycles. The third kappa shape index (κ3) is 1.88. The van der Waals surface area contributed by atoms with Crippen molar-refractivity contribution in [3.05, 3.63) is 40.2 Å². The summed E-state index contributed by atoms with van der Waals surface area (Å²) in [6.07, 6.45) is 0. The molecule has 3 rings (SSSR count). The number of hydrogen-bond acceptors (Lipinski definition) is 3. The topological polar surface area (TPSA) is 45.3 Å². The van der Waals surface area contributed by atoms with Gasteiger partial charge in [0.05, 0.1) is 18.7 Å². The normalized spacial score (nSPS) is 16.2. The number of para-hydroxylation sites is 1. The van der Waals surface area contributed by atoms with Gasteiger partial charge in [0.1, 0.15) is 5.69 Å². The van der Waals surface area contributed by atoms with E-state index in [4.69, 9.17) is 4.74 Å². The molecule has 94 valence electrons. The first kappa shape index (κ1) is 11.3. The second-order valence-electron chi connectivity index (χ2n) is 4.62. The molecule has 0 atom stereocenters. The summed E-state index contributed by atoms with van der Waals surface area (Å²) in [5, 5.41) is 1.08. The zero-order valence-electron chi connectivity index (χ0n) is 10.4. The molecule has 1 N–H and O–H groups in total. The number of nitrogens with zero attached hydrogens (tertiary/aromatic N) is 1. The third-order valence-electron chi connectivity index (χ3n) is 3.42. The Labute approximate surface area is 105 Å². The monoisotopic (exact) mass is 244 g/mol. The number of H-pyrrole nitrogens is 1. The molecule has 0 spiro atoms. The first-order valence-electron chi connectivity index (χ1n) is 6.21. The molecule has 4 nitrogen and oxygen atoms in total. The molecule has 1 aromatic carbocycles. The van der Waals surface area contributed by atoms with E-state index in [1.807, 2.05) is 31.2 Å². The maximum atomic E-state index is 12.1. The Balaban J connectivity index is 2.12. The second-order valence-corrected chi connectivity index (χ2v) is 4.62. The van der Waals surface area contributed by atoms with Crippen molar-refractivity contribution in [3.63, 3.8) is 0 Å². The number of hydrogen-bond donors (Lipinski definition) is 1. The van der Waals surface area contributed by atoms with Crippen LogP contribution in [0.3, 0.4) is 0 Å². The van der Waals surface area contributed by atoms with Crippen LogP contribution in [0, 0.1) is 6.92 Å². The van der Waals surface area contributed by atoms with Crippen LogP contribution in [-0.2, 0) is 4.74 Å². The third-order valence-corrected chi connectivity index (χ3v) is 3.42. The van der Waals surface area contributed by atoms with Crippen LogP contribution < -0.4 is 10.5 Å². The number of anilines is 1. The van der Waals surface area contributed by atoms with E-state index in [1.54, 1.807) is 0 Å². The molecule has 2 aromatic rings. The molecule has 1 aromatic heterocycles.